The molecule has 23 heavy (non-hydrogen) atoms. The average molecular weight is 331 g/mol. The molecule has 0 amide bonds. The highest BCUT2D eigenvalue weighted by Crippen LogP contribution is 2.34. The number of thiazole rings is 1. The third-order valence-electron chi connectivity index (χ3n) is 4.87. The Hall–Kier alpha value is -1.39. The highest BCUT2D eigenvalue weighted by molar-refractivity contribution is 7.09. The average Bonchev–Trinajstić information content (AvgIpc) is 2.86. The summed E-state index contributed by atoms with van der Waals surface area (Å²) >= 11 is 1.70. The van der Waals surface area contributed by atoms with E-state index >= 15 is 0 Å². The maximum atomic E-state index is 10.4. The Kier molecular flexibility index (Phi) is 5.34. The molecule has 1 aromatic carbocycles. The zero-order chi connectivity index (χ0) is 16.2. The molecule has 1 fully saturated rings. The van der Waals surface area contributed by atoms with Gasteiger partial charge in [-0.25, -0.2) is 4.98 Å². The molecule has 1 atom stereocenters. The minimum absolute atomic E-state index is 0.364. The Morgan fingerprint density at radius 3 is 3.00 bits per heavy atom. The largest absolute Gasteiger partial charge is 0.507 e. The Balaban J connectivity index is 1.67. The second kappa shape index (κ2) is 7.45. The van der Waals surface area contributed by atoms with Crippen LogP contribution in [0.3, 0.4) is 0 Å². The Morgan fingerprint density at radius 1 is 1.26 bits per heavy atom. The number of hydrogen-bond acceptors (Lipinski definition) is 4. The zero-order valence-corrected chi connectivity index (χ0v) is 14.8. The van der Waals surface area contributed by atoms with Crippen molar-refractivity contribution in [2.24, 2.45) is 5.92 Å². The molecule has 3 nitrogen and oxygen atoms in total. The van der Waals surface area contributed by atoms with Crippen LogP contribution >= 0.6 is 11.3 Å². The van der Waals surface area contributed by atoms with Gasteiger partial charge >= 0.3 is 0 Å². The number of phenolic OH excluding ortho intramolecular Hbond substituents is 1. The number of aryl methyl sites for hydroxylation is 2. The van der Waals surface area contributed by atoms with E-state index in [1.54, 1.807) is 11.3 Å². The lowest BCUT2D eigenvalue weighted by Gasteiger charge is -2.11. The molecule has 1 saturated heterocycles. The summed E-state index contributed by atoms with van der Waals surface area (Å²) in [4.78, 5) is 4.75. The van der Waals surface area contributed by atoms with Gasteiger partial charge < -0.3 is 9.84 Å². The number of ether oxygens (including phenoxy) is 1. The molecule has 0 bridgehead atoms. The molecular formula is C19H25NO2S. The van der Waals surface area contributed by atoms with E-state index in [1.807, 2.05) is 19.9 Å². The molecule has 0 saturated carbocycles. The van der Waals surface area contributed by atoms with E-state index in [0.717, 1.165) is 47.9 Å². The van der Waals surface area contributed by atoms with Crippen LogP contribution in [0.1, 0.15) is 41.8 Å². The number of rotatable bonds is 4. The first-order valence-electron chi connectivity index (χ1n) is 8.47. The van der Waals surface area contributed by atoms with Gasteiger partial charge in [0.2, 0.25) is 0 Å². The Morgan fingerprint density at radius 2 is 2.13 bits per heavy atom. The lowest BCUT2D eigenvalue weighted by Crippen LogP contribution is -2.02. The Labute approximate surface area is 142 Å². The molecule has 124 valence electrons. The number of aromatic hydroxyl groups is 1. The minimum atomic E-state index is 0.364. The maximum Gasteiger partial charge on any atom is 0.128 e. The molecular weight excluding hydrogens is 306 g/mol. The summed E-state index contributed by atoms with van der Waals surface area (Å²) in [7, 11) is 0. The van der Waals surface area contributed by atoms with Crippen LogP contribution in [-0.2, 0) is 11.2 Å². The van der Waals surface area contributed by atoms with Gasteiger partial charge in [0.15, 0.2) is 0 Å². The van der Waals surface area contributed by atoms with Gasteiger partial charge in [0.1, 0.15) is 5.75 Å². The summed E-state index contributed by atoms with van der Waals surface area (Å²) < 4.78 is 5.53. The van der Waals surface area contributed by atoms with E-state index in [-0.39, 0.29) is 0 Å². The first-order chi connectivity index (χ1) is 11.1. The van der Waals surface area contributed by atoms with E-state index < -0.39 is 0 Å². The monoisotopic (exact) mass is 331 g/mol. The van der Waals surface area contributed by atoms with Crippen LogP contribution in [0.4, 0.5) is 0 Å². The number of nitrogens with zero attached hydrogens (tertiary/aromatic N) is 1. The van der Waals surface area contributed by atoms with Crippen molar-refractivity contribution in [1.29, 1.82) is 0 Å². The molecule has 0 radical (unpaired) electrons. The van der Waals surface area contributed by atoms with E-state index in [2.05, 4.69) is 11.4 Å². The van der Waals surface area contributed by atoms with E-state index in [9.17, 15) is 5.11 Å². The molecule has 2 heterocycles. The second-order valence-electron chi connectivity index (χ2n) is 6.48. The molecule has 2 aromatic rings. The van der Waals surface area contributed by atoms with Crippen LogP contribution in [0.15, 0.2) is 17.5 Å². The molecule has 1 aromatic heterocycles. The van der Waals surface area contributed by atoms with Gasteiger partial charge in [-0.3, -0.25) is 0 Å². The van der Waals surface area contributed by atoms with Crippen LogP contribution in [0, 0.1) is 19.8 Å². The van der Waals surface area contributed by atoms with Gasteiger partial charge in [-0.2, -0.15) is 0 Å². The number of aromatic nitrogens is 1. The molecule has 1 aliphatic heterocycles. The molecule has 0 spiro atoms. The van der Waals surface area contributed by atoms with Gasteiger partial charge in [-0.15, -0.1) is 11.3 Å². The highest BCUT2D eigenvalue weighted by Gasteiger charge is 2.15. The summed E-state index contributed by atoms with van der Waals surface area (Å²) in [6, 6.07) is 4.02. The molecule has 1 N–H and O–H groups in total. The standard InChI is InChI=1S/C19H25NO2S/c1-13-5-7-16(19(21)14(13)2)17-12-23-18(20-17)8-6-15-4-3-10-22-11-9-15/h5,7,12,15,21H,3-4,6,8-11H2,1-2H3. The SMILES string of the molecule is Cc1ccc(-c2csc(CCC3CCCOCC3)n2)c(O)c1C. The first kappa shape index (κ1) is 16.5. The quantitative estimate of drug-likeness (QED) is 0.868. The van der Waals surface area contributed by atoms with E-state index in [4.69, 9.17) is 9.72 Å². The van der Waals surface area contributed by atoms with E-state index in [1.165, 1.54) is 30.7 Å². The van der Waals surface area contributed by atoms with Crippen LogP contribution in [-0.4, -0.2) is 23.3 Å². The third kappa shape index (κ3) is 3.93. The van der Waals surface area contributed by atoms with Crippen LogP contribution in [0.25, 0.3) is 11.3 Å². The van der Waals surface area contributed by atoms with Crippen molar-refractivity contribution in [2.45, 2.75) is 46.0 Å². The molecule has 3 rings (SSSR count). The fourth-order valence-corrected chi connectivity index (χ4v) is 3.96. The van der Waals surface area contributed by atoms with Crippen molar-refractivity contribution < 1.29 is 9.84 Å². The lowest BCUT2D eigenvalue weighted by atomic mass is 9.95. The number of benzene rings is 1. The van der Waals surface area contributed by atoms with Crippen LogP contribution < -0.4 is 0 Å². The highest BCUT2D eigenvalue weighted by atomic mass is 32.1. The third-order valence-corrected chi connectivity index (χ3v) is 5.78. The summed E-state index contributed by atoms with van der Waals surface area (Å²) in [5, 5.41) is 13.6. The van der Waals surface area contributed by atoms with Crippen molar-refractivity contribution in [3.63, 3.8) is 0 Å². The predicted octanol–water partition coefficient (Wildman–Crippen LogP) is 4.88. The number of phenols is 1. The van der Waals surface area contributed by atoms with Gasteiger partial charge in [0.05, 0.1) is 10.7 Å². The Bertz CT molecular complexity index is 657. The van der Waals surface area contributed by atoms with Crippen LogP contribution in [0.5, 0.6) is 5.75 Å². The van der Waals surface area contributed by atoms with Crippen molar-refractivity contribution >= 4 is 11.3 Å². The van der Waals surface area contributed by atoms with Gasteiger partial charge in [0.25, 0.3) is 0 Å². The van der Waals surface area contributed by atoms with E-state index in [0.29, 0.717) is 5.75 Å². The molecule has 4 heteroatoms. The number of hydrogen-bond donors (Lipinski definition) is 1. The van der Waals surface area contributed by atoms with Gasteiger partial charge in [-0.05, 0) is 69.1 Å². The smallest absolute Gasteiger partial charge is 0.128 e. The summed E-state index contributed by atoms with van der Waals surface area (Å²) in [6.07, 6.45) is 5.85. The normalized spacial score (nSPS) is 18.8. The van der Waals surface area contributed by atoms with Crippen molar-refractivity contribution in [1.82, 2.24) is 4.98 Å². The topological polar surface area (TPSA) is 42.4 Å². The predicted molar refractivity (Wildman–Crippen MR) is 95.2 cm³/mol. The van der Waals surface area contributed by atoms with Crippen molar-refractivity contribution in [3.8, 4) is 17.0 Å². The zero-order valence-electron chi connectivity index (χ0n) is 14.0. The maximum absolute atomic E-state index is 10.4. The fraction of sp³-hybridized carbons (Fsp3) is 0.526. The summed E-state index contributed by atoms with van der Waals surface area (Å²) in [5.74, 6) is 1.13. The lowest BCUT2D eigenvalue weighted by molar-refractivity contribution is 0.141. The second-order valence-corrected chi connectivity index (χ2v) is 7.42. The van der Waals surface area contributed by atoms with Gasteiger partial charge in [-0.1, -0.05) is 6.07 Å². The minimum Gasteiger partial charge on any atom is -0.507 e. The molecule has 1 aliphatic rings. The molecule has 1 unspecified atom stereocenters. The summed E-state index contributed by atoms with van der Waals surface area (Å²) in [5.41, 5.74) is 3.79. The summed E-state index contributed by atoms with van der Waals surface area (Å²) in [6.45, 7) is 5.80. The van der Waals surface area contributed by atoms with Crippen LogP contribution in [0.2, 0.25) is 0 Å². The van der Waals surface area contributed by atoms with Gasteiger partial charge in [0, 0.05) is 24.2 Å². The fourth-order valence-electron chi connectivity index (χ4n) is 3.14. The first-order valence-corrected chi connectivity index (χ1v) is 9.35. The molecule has 0 aliphatic carbocycles. The van der Waals surface area contributed by atoms with Crippen molar-refractivity contribution in [2.75, 3.05) is 13.2 Å². The van der Waals surface area contributed by atoms with Crippen molar-refractivity contribution in [3.05, 3.63) is 33.6 Å².